The van der Waals surface area contributed by atoms with Gasteiger partial charge in [-0.1, -0.05) is 48.5 Å². The Balaban J connectivity index is 1.26. The molecular formula is C35H38N4O5. The zero-order valence-corrected chi connectivity index (χ0v) is 25.3. The zero-order valence-electron chi connectivity index (χ0n) is 25.3. The third kappa shape index (κ3) is 7.53. The highest BCUT2D eigenvalue weighted by atomic mass is 16.5. The normalized spacial score (nSPS) is 15.0. The average Bonchev–Trinajstić information content (AvgIpc) is 3.02. The van der Waals surface area contributed by atoms with E-state index in [1.165, 1.54) is 6.20 Å². The van der Waals surface area contributed by atoms with Crippen LogP contribution in [0, 0.1) is 5.41 Å². The highest BCUT2D eigenvalue weighted by molar-refractivity contribution is 6.04. The second-order valence-electron chi connectivity index (χ2n) is 11.6. The van der Waals surface area contributed by atoms with Crippen LogP contribution in [0.4, 0.5) is 11.6 Å². The molecule has 1 aromatic heterocycles. The molecule has 0 unspecified atom stereocenters. The van der Waals surface area contributed by atoms with Crippen molar-refractivity contribution in [2.75, 3.05) is 29.9 Å². The van der Waals surface area contributed by atoms with Crippen LogP contribution in [-0.2, 0) is 11.2 Å². The minimum atomic E-state index is -0.882. The molecule has 44 heavy (non-hydrogen) atoms. The number of hydrogen-bond acceptors (Lipinski definition) is 7. The number of nitrogens with one attached hydrogen (secondary N) is 1. The standard InChI is InChI=1S/C35H38N4O5/c1-4-43-29-15-5-6-16-30(29)44-28-14-9-17-39(23-28)32-22-36-21-31(37-32)38-33(40)27-13-8-12-26(19-27)25-11-7-10-24(18-25)20-35(2,3)34(41)42/h5-8,10-13,15-16,18-19,21-22,28H,4,9,14,17,20,23H2,1-3H3,(H,41,42)(H,37,38,40)/t28-/m1/s1. The Bertz CT molecular complexity index is 1620. The van der Waals surface area contributed by atoms with Crippen molar-refractivity contribution in [2.24, 2.45) is 5.41 Å². The van der Waals surface area contributed by atoms with Crippen LogP contribution < -0.4 is 19.7 Å². The number of aromatic nitrogens is 2. The highest BCUT2D eigenvalue weighted by Crippen LogP contribution is 2.30. The maximum Gasteiger partial charge on any atom is 0.309 e. The SMILES string of the molecule is CCOc1ccccc1O[C@@H]1CCCN(c2cncc(NC(=O)c3cccc(-c4cccc(CC(C)(C)C(=O)O)c4)c3)n2)C1. The van der Waals surface area contributed by atoms with E-state index in [0.29, 0.717) is 36.8 Å². The van der Waals surface area contributed by atoms with Gasteiger partial charge in [0.2, 0.25) is 0 Å². The van der Waals surface area contributed by atoms with Gasteiger partial charge in [0.15, 0.2) is 17.3 Å². The number of ether oxygens (including phenoxy) is 2. The second-order valence-corrected chi connectivity index (χ2v) is 11.6. The van der Waals surface area contributed by atoms with Gasteiger partial charge < -0.3 is 24.8 Å². The van der Waals surface area contributed by atoms with Gasteiger partial charge in [-0.2, -0.15) is 0 Å². The van der Waals surface area contributed by atoms with Gasteiger partial charge in [-0.15, -0.1) is 0 Å². The van der Waals surface area contributed by atoms with E-state index in [9.17, 15) is 14.7 Å². The lowest BCUT2D eigenvalue weighted by atomic mass is 9.85. The number of anilines is 2. The first-order valence-electron chi connectivity index (χ1n) is 14.9. The summed E-state index contributed by atoms with van der Waals surface area (Å²) in [6.07, 6.45) is 5.44. The summed E-state index contributed by atoms with van der Waals surface area (Å²) in [4.78, 5) is 36.0. The molecule has 0 bridgehead atoms. The predicted octanol–water partition coefficient (Wildman–Crippen LogP) is 6.50. The molecule has 1 amide bonds. The summed E-state index contributed by atoms with van der Waals surface area (Å²) >= 11 is 0. The maximum absolute atomic E-state index is 13.3. The molecule has 4 aromatic rings. The van der Waals surface area contributed by atoms with Crippen LogP contribution in [0.5, 0.6) is 11.5 Å². The number of carboxylic acid groups (broad SMARTS) is 1. The molecule has 0 aliphatic carbocycles. The number of benzene rings is 3. The third-order valence-electron chi connectivity index (χ3n) is 7.62. The molecule has 9 nitrogen and oxygen atoms in total. The number of para-hydroxylation sites is 2. The molecule has 228 valence electrons. The third-order valence-corrected chi connectivity index (χ3v) is 7.62. The Kier molecular flexibility index (Phi) is 9.43. The van der Waals surface area contributed by atoms with Crippen LogP contribution >= 0.6 is 0 Å². The van der Waals surface area contributed by atoms with Crippen molar-refractivity contribution < 1.29 is 24.2 Å². The van der Waals surface area contributed by atoms with Gasteiger partial charge in [0.1, 0.15) is 11.9 Å². The zero-order chi connectivity index (χ0) is 31.1. The van der Waals surface area contributed by atoms with Gasteiger partial charge in [-0.3, -0.25) is 14.6 Å². The van der Waals surface area contributed by atoms with E-state index in [-0.39, 0.29) is 12.0 Å². The van der Waals surface area contributed by atoms with E-state index >= 15 is 0 Å². The molecule has 1 aliphatic rings. The van der Waals surface area contributed by atoms with E-state index in [1.807, 2.05) is 73.7 Å². The largest absolute Gasteiger partial charge is 0.490 e. The number of amides is 1. The summed E-state index contributed by atoms with van der Waals surface area (Å²) in [6, 6.07) is 22.8. The summed E-state index contributed by atoms with van der Waals surface area (Å²) in [5.74, 6) is 1.35. The molecule has 5 rings (SSSR count). The molecule has 1 fully saturated rings. The first-order chi connectivity index (χ1) is 21.2. The first kappa shape index (κ1) is 30.5. The maximum atomic E-state index is 13.3. The van der Waals surface area contributed by atoms with Crippen LogP contribution in [0.2, 0.25) is 0 Å². The van der Waals surface area contributed by atoms with Crippen molar-refractivity contribution in [1.29, 1.82) is 0 Å². The Morgan fingerprint density at radius 2 is 1.75 bits per heavy atom. The van der Waals surface area contributed by atoms with Crippen molar-refractivity contribution in [2.45, 2.75) is 46.1 Å². The van der Waals surface area contributed by atoms with E-state index in [2.05, 4.69) is 15.2 Å². The lowest BCUT2D eigenvalue weighted by Gasteiger charge is -2.33. The van der Waals surface area contributed by atoms with E-state index in [0.717, 1.165) is 47.6 Å². The van der Waals surface area contributed by atoms with Gasteiger partial charge in [0.05, 0.1) is 31.0 Å². The Hall–Kier alpha value is -4.92. The highest BCUT2D eigenvalue weighted by Gasteiger charge is 2.27. The second kappa shape index (κ2) is 13.6. The quantitative estimate of drug-likeness (QED) is 0.202. The van der Waals surface area contributed by atoms with Gasteiger partial charge in [-0.25, -0.2) is 4.98 Å². The molecule has 0 radical (unpaired) electrons. The minimum Gasteiger partial charge on any atom is -0.490 e. The molecule has 1 aliphatic heterocycles. The van der Waals surface area contributed by atoms with Crippen LogP contribution in [-0.4, -0.2) is 52.8 Å². The molecule has 3 aromatic carbocycles. The molecule has 0 saturated carbocycles. The molecule has 2 N–H and O–H groups in total. The average molecular weight is 595 g/mol. The molecular weight excluding hydrogens is 556 g/mol. The molecule has 1 atom stereocenters. The fraction of sp³-hybridized carbons (Fsp3) is 0.314. The number of carboxylic acids is 1. The molecule has 2 heterocycles. The number of carbonyl (C=O) groups excluding carboxylic acids is 1. The topological polar surface area (TPSA) is 114 Å². The molecule has 9 heteroatoms. The monoisotopic (exact) mass is 594 g/mol. The van der Waals surface area contributed by atoms with Gasteiger partial charge >= 0.3 is 5.97 Å². The van der Waals surface area contributed by atoms with E-state index < -0.39 is 11.4 Å². The van der Waals surface area contributed by atoms with Crippen LogP contribution in [0.3, 0.4) is 0 Å². The minimum absolute atomic E-state index is 0.0400. The van der Waals surface area contributed by atoms with Crippen LogP contribution in [0.15, 0.2) is 85.2 Å². The fourth-order valence-corrected chi connectivity index (χ4v) is 5.29. The Morgan fingerprint density at radius 1 is 1.00 bits per heavy atom. The van der Waals surface area contributed by atoms with E-state index in [1.54, 1.807) is 26.1 Å². The number of piperidine rings is 1. The number of nitrogens with zero attached hydrogens (tertiary/aromatic N) is 3. The van der Waals surface area contributed by atoms with Crippen molar-refractivity contribution in [3.8, 4) is 22.6 Å². The summed E-state index contributed by atoms with van der Waals surface area (Å²) in [5, 5.41) is 12.4. The lowest BCUT2D eigenvalue weighted by molar-refractivity contribution is -0.146. The Morgan fingerprint density at radius 3 is 2.52 bits per heavy atom. The van der Waals surface area contributed by atoms with Crippen molar-refractivity contribution in [1.82, 2.24) is 9.97 Å². The Labute approximate surface area is 257 Å². The number of carbonyl (C=O) groups is 2. The fourth-order valence-electron chi connectivity index (χ4n) is 5.29. The summed E-state index contributed by atoms with van der Waals surface area (Å²) in [7, 11) is 0. The van der Waals surface area contributed by atoms with Crippen molar-refractivity contribution in [3.05, 3.63) is 96.3 Å². The first-order valence-corrected chi connectivity index (χ1v) is 14.9. The van der Waals surface area contributed by atoms with Crippen LogP contribution in [0.1, 0.15) is 49.5 Å². The van der Waals surface area contributed by atoms with Gasteiger partial charge in [-0.05, 0) is 81.0 Å². The van der Waals surface area contributed by atoms with Crippen molar-refractivity contribution in [3.63, 3.8) is 0 Å². The van der Waals surface area contributed by atoms with Crippen LogP contribution in [0.25, 0.3) is 11.1 Å². The number of hydrogen-bond donors (Lipinski definition) is 2. The predicted molar refractivity (Wildman–Crippen MR) is 170 cm³/mol. The number of aliphatic carboxylic acids is 1. The number of rotatable bonds is 11. The van der Waals surface area contributed by atoms with Gasteiger partial charge in [0.25, 0.3) is 5.91 Å². The molecule has 0 spiro atoms. The lowest BCUT2D eigenvalue weighted by Crippen LogP contribution is -2.41. The molecule has 1 saturated heterocycles. The summed E-state index contributed by atoms with van der Waals surface area (Å²) in [6.45, 7) is 7.39. The smallest absolute Gasteiger partial charge is 0.309 e. The van der Waals surface area contributed by atoms with Crippen molar-refractivity contribution >= 4 is 23.5 Å². The van der Waals surface area contributed by atoms with Gasteiger partial charge in [0, 0.05) is 12.1 Å². The van der Waals surface area contributed by atoms with E-state index in [4.69, 9.17) is 14.5 Å². The summed E-state index contributed by atoms with van der Waals surface area (Å²) < 4.78 is 12.0. The summed E-state index contributed by atoms with van der Waals surface area (Å²) in [5.41, 5.74) is 2.28.